The van der Waals surface area contributed by atoms with Crippen LogP contribution in [0.15, 0.2) is 60.7 Å². The highest BCUT2D eigenvalue weighted by Gasteiger charge is 2.28. The predicted molar refractivity (Wildman–Crippen MR) is 154 cm³/mol. The van der Waals surface area contributed by atoms with Crippen LogP contribution in [-0.2, 0) is 25.7 Å². The van der Waals surface area contributed by atoms with Gasteiger partial charge in [0.1, 0.15) is 12.6 Å². The molecule has 2 atom stereocenters. The molecule has 7 heteroatoms. The minimum Gasteiger partial charge on any atom is -0.464 e. The summed E-state index contributed by atoms with van der Waals surface area (Å²) in [6, 6.07) is 17.3. The summed E-state index contributed by atoms with van der Waals surface area (Å²) in [6.45, 7) is 4.28. The maximum Gasteiger partial charge on any atom is 0.407 e. The van der Waals surface area contributed by atoms with Crippen LogP contribution in [0.3, 0.4) is 0 Å². The Balaban J connectivity index is 1.92. The van der Waals surface area contributed by atoms with Crippen molar-refractivity contribution in [1.29, 1.82) is 0 Å². The smallest absolute Gasteiger partial charge is 0.407 e. The molecule has 0 saturated heterocycles. The van der Waals surface area contributed by atoms with Crippen LogP contribution in [-0.4, -0.2) is 30.6 Å². The van der Waals surface area contributed by atoms with Crippen molar-refractivity contribution in [3.8, 4) is 0 Å². The van der Waals surface area contributed by atoms with E-state index in [4.69, 9.17) is 9.47 Å². The predicted octanol–water partition coefficient (Wildman–Crippen LogP) is 7.01. The fraction of sp³-hybridized carbons (Fsp3) is 0.531. The van der Waals surface area contributed by atoms with Gasteiger partial charge in [0.05, 0.1) is 12.6 Å². The summed E-state index contributed by atoms with van der Waals surface area (Å²) in [4.78, 5) is 38.2. The minimum absolute atomic E-state index is 0.130. The van der Waals surface area contributed by atoms with Crippen LogP contribution in [0.5, 0.6) is 0 Å². The molecule has 0 aromatic heterocycles. The molecule has 7 nitrogen and oxygen atoms in total. The second-order valence-electron chi connectivity index (χ2n) is 9.86. The number of rotatable bonds is 19. The Kier molecular flexibility index (Phi) is 16.1. The third-order valence-electron chi connectivity index (χ3n) is 6.59. The topological polar surface area (TPSA) is 93.7 Å². The first kappa shape index (κ1) is 31.9. The van der Waals surface area contributed by atoms with Crippen molar-refractivity contribution in [2.45, 2.75) is 103 Å². The van der Waals surface area contributed by atoms with E-state index in [-0.39, 0.29) is 25.5 Å². The molecule has 0 saturated carbocycles. The summed E-state index contributed by atoms with van der Waals surface area (Å²) in [7, 11) is 0. The average Bonchev–Trinajstić information content (AvgIpc) is 2.95. The molecule has 2 rings (SSSR count). The van der Waals surface area contributed by atoms with Crippen LogP contribution in [0, 0.1) is 0 Å². The highest BCUT2D eigenvalue weighted by molar-refractivity contribution is 5.84. The van der Waals surface area contributed by atoms with Gasteiger partial charge in [0.25, 0.3) is 0 Å². The molecule has 2 N–H and O–H groups in total. The van der Waals surface area contributed by atoms with Crippen LogP contribution in [0.4, 0.5) is 4.79 Å². The normalized spacial score (nSPS) is 12.3. The molecular formula is C32H46N2O5. The number of esters is 1. The lowest BCUT2D eigenvalue weighted by molar-refractivity contribution is -0.147. The summed E-state index contributed by atoms with van der Waals surface area (Å²) in [5.41, 5.74) is 1.67. The van der Waals surface area contributed by atoms with Crippen molar-refractivity contribution in [2.75, 3.05) is 6.61 Å². The molecule has 0 radical (unpaired) electrons. The number of benzene rings is 2. The van der Waals surface area contributed by atoms with Gasteiger partial charge in [-0.25, -0.2) is 9.59 Å². The lowest BCUT2D eigenvalue weighted by atomic mass is 9.99. The van der Waals surface area contributed by atoms with Gasteiger partial charge in [-0.3, -0.25) is 4.79 Å². The zero-order valence-electron chi connectivity index (χ0n) is 23.7. The monoisotopic (exact) mass is 538 g/mol. The Hall–Kier alpha value is -3.35. The van der Waals surface area contributed by atoms with Crippen molar-refractivity contribution in [3.63, 3.8) is 0 Å². The van der Waals surface area contributed by atoms with Crippen LogP contribution >= 0.6 is 0 Å². The van der Waals surface area contributed by atoms with E-state index in [0.717, 1.165) is 30.4 Å². The summed E-state index contributed by atoms with van der Waals surface area (Å²) in [5.74, 6) is -0.701. The zero-order valence-corrected chi connectivity index (χ0v) is 23.7. The van der Waals surface area contributed by atoms with Gasteiger partial charge in [0, 0.05) is 12.8 Å². The number of carbonyl (C=O) groups is 3. The van der Waals surface area contributed by atoms with Gasteiger partial charge < -0.3 is 20.1 Å². The number of ether oxygens (including phenoxy) is 2. The summed E-state index contributed by atoms with van der Waals surface area (Å²) in [5, 5.41) is 5.72. The SMILES string of the molecule is CCCCCCCCCCCC(=O)N[C@H](C[C@@H](NC(=O)OCc1ccccc1)c1ccccc1)C(=O)OCC. The number of hydrogen-bond acceptors (Lipinski definition) is 5. The largest absolute Gasteiger partial charge is 0.464 e. The van der Waals surface area contributed by atoms with Crippen molar-refractivity contribution in [3.05, 3.63) is 71.8 Å². The maximum atomic E-state index is 12.8. The van der Waals surface area contributed by atoms with Crippen LogP contribution in [0.2, 0.25) is 0 Å². The third kappa shape index (κ3) is 13.8. The molecule has 214 valence electrons. The fourth-order valence-corrected chi connectivity index (χ4v) is 4.43. The van der Waals surface area contributed by atoms with Gasteiger partial charge in [0.15, 0.2) is 0 Å². The average molecular weight is 539 g/mol. The molecule has 0 heterocycles. The van der Waals surface area contributed by atoms with Crippen LogP contribution in [0.25, 0.3) is 0 Å². The van der Waals surface area contributed by atoms with E-state index in [1.165, 1.54) is 38.5 Å². The molecule has 2 aromatic carbocycles. The number of hydrogen-bond donors (Lipinski definition) is 2. The van der Waals surface area contributed by atoms with Crippen molar-refractivity contribution in [1.82, 2.24) is 10.6 Å². The Labute approximate surface area is 234 Å². The molecule has 0 aliphatic rings. The molecule has 0 spiro atoms. The lowest BCUT2D eigenvalue weighted by Crippen LogP contribution is -2.45. The van der Waals surface area contributed by atoms with E-state index < -0.39 is 24.1 Å². The van der Waals surface area contributed by atoms with Crippen LogP contribution in [0.1, 0.15) is 102 Å². The van der Waals surface area contributed by atoms with E-state index in [2.05, 4.69) is 17.6 Å². The summed E-state index contributed by atoms with van der Waals surface area (Å²) in [6.07, 6.45) is 10.4. The Bertz CT molecular complexity index is 952. The fourth-order valence-electron chi connectivity index (χ4n) is 4.43. The van der Waals surface area contributed by atoms with Crippen molar-refractivity contribution < 1.29 is 23.9 Å². The van der Waals surface area contributed by atoms with E-state index >= 15 is 0 Å². The van der Waals surface area contributed by atoms with E-state index in [9.17, 15) is 14.4 Å². The molecule has 39 heavy (non-hydrogen) atoms. The number of carbonyl (C=O) groups excluding carboxylic acids is 3. The van der Waals surface area contributed by atoms with Gasteiger partial charge in [-0.15, -0.1) is 0 Å². The second kappa shape index (κ2) is 19.7. The van der Waals surface area contributed by atoms with Gasteiger partial charge in [-0.05, 0) is 24.5 Å². The molecule has 2 aromatic rings. The maximum absolute atomic E-state index is 12.8. The third-order valence-corrected chi connectivity index (χ3v) is 6.59. The van der Waals surface area contributed by atoms with Crippen molar-refractivity contribution in [2.24, 2.45) is 0 Å². The molecule has 0 bridgehead atoms. The van der Waals surface area contributed by atoms with Gasteiger partial charge >= 0.3 is 12.1 Å². The van der Waals surface area contributed by atoms with Gasteiger partial charge in [0.2, 0.25) is 5.91 Å². The van der Waals surface area contributed by atoms with E-state index in [1.807, 2.05) is 60.7 Å². The first-order valence-corrected chi connectivity index (χ1v) is 14.5. The Morgan fingerprint density at radius 3 is 1.92 bits per heavy atom. The number of amides is 2. The van der Waals surface area contributed by atoms with Crippen molar-refractivity contribution >= 4 is 18.0 Å². The van der Waals surface area contributed by atoms with Crippen LogP contribution < -0.4 is 10.6 Å². The number of unbranched alkanes of at least 4 members (excludes halogenated alkanes) is 8. The van der Waals surface area contributed by atoms with E-state index in [0.29, 0.717) is 6.42 Å². The summed E-state index contributed by atoms with van der Waals surface area (Å²) >= 11 is 0. The molecule has 0 fully saturated rings. The first-order valence-electron chi connectivity index (χ1n) is 14.5. The molecular weight excluding hydrogens is 492 g/mol. The van der Waals surface area contributed by atoms with E-state index in [1.54, 1.807) is 6.92 Å². The molecule has 0 unspecified atom stereocenters. The minimum atomic E-state index is -0.893. The summed E-state index contributed by atoms with van der Waals surface area (Å²) < 4.78 is 10.7. The second-order valence-corrected chi connectivity index (χ2v) is 9.86. The highest BCUT2D eigenvalue weighted by atomic mass is 16.5. The highest BCUT2D eigenvalue weighted by Crippen LogP contribution is 2.20. The van der Waals surface area contributed by atoms with Gasteiger partial charge in [-0.2, -0.15) is 0 Å². The number of nitrogens with one attached hydrogen (secondary N) is 2. The molecule has 0 aliphatic carbocycles. The molecule has 0 aliphatic heterocycles. The molecule has 2 amide bonds. The Morgan fingerprint density at radius 2 is 1.31 bits per heavy atom. The lowest BCUT2D eigenvalue weighted by Gasteiger charge is -2.24. The first-order chi connectivity index (χ1) is 19.0. The zero-order chi connectivity index (χ0) is 28.1. The Morgan fingerprint density at radius 1 is 0.718 bits per heavy atom. The number of alkyl carbamates (subject to hydrolysis) is 1. The quantitative estimate of drug-likeness (QED) is 0.148. The standard InChI is InChI=1S/C32H46N2O5/c1-3-5-6-7-8-9-10-11-18-23-30(35)33-29(31(36)38-4-2)24-28(27-21-16-13-17-22-27)34-32(37)39-25-26-19-14-12-15-20-26/h12-17,19-22,28-29H,3-11,18,23-25H2,1-2H3,(H,33,35)(H,34,37)/t28-,29-/m1/s1. The van der Waals surface area contributed by atoms with Gasteiger partial charge in [-0.1, -0.05) is 119 Å².